The van der Waals surface area contributed by atoms with Gasteiger partial charge in [-0.3, -0.25) is 0 Å². The van der Waals surface area contributed by atoms with Crippen LogP contribution < -0.4 is 10.5 Å². The summed E-state index contributed by atoms with van der Waals surface area (Å²) in [5, 5.41) is 8.90. The van der Waals surface area contributed by atoms with Crippen LogP contribution in [0.2, 0.25) is 5.02 Å². The first-order valence-corrected chi connectivity index (χ1v) is 4.78. The molecule has 1 aromatic carbocycles. The number of hydrogen-bond donors (Lipinski definition) is 2. The third-order valence-electron chi connectivity index (χ3n) is 1.69. The predicted octanol–water partition coefficient (Wildman–Crippen LogP) is 2.41. The van der Waals surface area contributed by atoms with E-state index in [9.17, 15) is 4.79 Å². The number of anilines is 1. The Balaban J connectivity index is 3.13. The molecule has 0 unspecified atom stereocenters. The van der Waals surface area contributed by atoms with Crippen molar-refractivity contribution < 1.29 is 14.6 Å². The smallest absolute Gasteiger partial charge is 0.337 e. The molecule has 0 aromatic heterocycles. The van der Waals surface area contributed by atoms with Gasteiger partial charge in [0, 0.05) is 6.07 Å². The zero-order valence-corrected chi connectivity index (χ0v) is 9.21. The lowest BCUT2D eigenvalue weighted by molar-refractivity contribution is 0.0697. The van der Waals surface area contributed by atoms with Gasteiger partial charge in [-0.15, -0.1) is 0 Å². The van der Waals surface area contributed by atoms with Gasteiger partial charge < -0.3 is 15.6 Å². The Hall–Kier alpha value is -1.42. The lowest BCUT2D eigenvalue weighted by Gasteiger charge is -2.13. The Kier molecular flexibility index (Phi) is 3.42. The number of nitrogens with two attached hydrogens (primary N) is 1. The van der Waals surface area contributed by atoms with Crippen LogP contribution >= 0.6 is 11.6 Å². The van der Waals surface area contributed by atoms with Crippen LogP contribution in [-0.4, -0.2) is 17.2 Å². The van der Waals surface area contributed by atoms with Crippen molar-refractivity contribution in [1.29, 1.82) is 0 Å². The highest BCUT2D eigenvalue weighted by Crippen LogP contribution is 2.30. The first-order valence-electron chi connectivity index (χ1n) is 4.40. The molecular formula is C10H12ClNO3. The number of rotatable bonds is 3. The first kappa shape index (κ1) is 11.7. The van der Waals surface area contributed by atoms with Gasteiger partial charge in [0.25, 0.3) is 0 Å². The summed E-state index contributed by atoms with van der Waals surface area (Å²) < 4.78 is 5.36. The molecule has 0 heterocycles. The van der Waals surface area contributed by atoms with Crippen LogP contribution in [0, 0.1) is 0 Å². The summed E-state index contributed by atoms with van der Waals surface area (Å²) in [6.07, 6.45) is -0.0426. The van der Waals surface area contributed by atoms with Crippen LogP contribution in [0.4, 0.5) is 5.69 Å². The molecule has 4 nitrogen and oxygen atoms in total. The fourth-order valence-corrected chi connectivity index (χ4v) is 1.33. The molecule has 3 N–H and O–H groups in total. The Morgan fingerprint density at radius 1 is 1.53 bits per heavy atom. The van der Waals surface area contributed by atoms with E-state index in [-0.39, 0.29) is 22.4 Å². The van der Waals surface area contributed by atoms with Crippen molar-refractivity contribution in [1.82, 2.24) is 0 Å². The van der Waals surface area contributed by atoms with Crippen LogP contribution in [-0.2, 0) is 0 Å². The van der Waals surface area contributed by atoms with Crippen molar-refractivity contribution in [2.75, 3.05) is 5.73 Å². The number of halogens is 1. The van der Waals surface area contributed by atoms with Gasteiger partial charge in [-0.2, -0.15) is 0 Å². The molecule has 0 saturated carbocycles. The zero-order valence-electron chi connectivity index (χ0n) is 8.45. The monoisotopic (exact) mass is 229 g/mol. The second kappa shape index (κ2) is 4.40. The van der Waals surface area contributed by atoms with Crippen molar-refractivity contribution in [3.8, 4) is 5.75 Å². The van der Waals surface area contributed by atoms with E-state index in [1.54, 1.807) is 0 Å². The minimum absolute atomic E-state index is 0.0229. The van der Waals surface area contributed by atoms with E-state index in [1.165, 1.54) is 12.1 Å². The SMILES string of the molecule is CC(C)Oc1cc(Cl)c(C(=O)O)cc1N. The van der Waals surface area contributed by atoms with Crippen molar-refractivity contribution in [2.24, 2.45) is 0 Å². The van der Waals surface area contributed by atoms with Crippen molar-refractivity contribution >= 4 is 23.3 Å². The van der Waals surface area contributed by atoms with Crippen LogP contribution in [0.5, 0.6) is 5.75 Å². The molecule has 0 atom stereocenters. The maximum Gasteiger partial charge on any atom is 0.337 e. The molecule has 0 saturated heterocycles. The lowest BCUT2D eigenvalue weighted by Crippen LogP contribution is -2.08. The van der Waals surface area contributed by atoms with E-state index in [0.717, 1.165) is 0 Å². The van der Waals surface area contributed by atoms with Gasteiger partial charge in [-0.1, -0.05) is 11.6 Å². The molecule has 1 rings (SSSR count). The van der Waals surface area contributed by atoms with Gasteiger partial charge in [0.2, 0.25) is 0 Å². The molecule has 0 aliphatic heterocycles. The standard InChI is InChI=1S/C10H12ClNO3/c1-5(2)15-9-4-7(11)6(10(13)14)3-8(9)12/h3-5H,12H2,1-2H3,(H,13,14). The van der Waals surface area contributed by atoms with E-state index in [0.29, 0.717) is 5.75 Å². The lowest BCUT2D eigenvalue weighted by atomic mass is 10.2. The van der Waals surface area contributed by atoms with E-state index in [2.05, 4.69) is 0 Å². The number of carboxylic acid groups (broad SMARTS) is 1. The van der Waals surface area contributed by atoms with Crippen molar-refractivity contribution in [2.45, 2.75) is 20.0 Å². The highest BCUT2D eigenvalue weighted by Gasteiger charge is 2.13. The van der Waals surface area contributed by atoms with Gasteiger partial charge in [-0.25, -0.2) is 4.79 Å². The molecule has 0 spiro atoms. The van der Waals surface area contributed by atoms with Crippen LogP contribution in [0.15, 0.2) is 12.1 Å². The molecule has 0 fully saturated rings. The third kappa shape index (κ3) is 2.76. The minimum Gasteiger partial charge on any atom is -0.489 e. The highest BCUT2D eigenvalue weighted by molar-refractivity contribution is 6.33. The predicted molar refractivity (Wildman–Crippen MR) is 58.6 cm³/mol. The third-order valence-corrected chi connectivity index (χ3v) is 2.01. The average molecular weight is 230 g/mol. The molecular weight excluding hydrogens is 218 g/mol. The summed E-state index contributed by atoms with van der Waals surface area (Å²) in [5.41, 5.74) is 5.88. The zero-order chi connectivity index (χ0) is 11.6. The van der Waals surface area contributed by atoms with Gasteiger partial charge in [-0.05, 0) is 19.9 Å². The molecule has 0 radical (unpaired) electrons. The van der Waals surface area contributed by atoms with Gasteiger partial charge in [0.15, 0.2) is 0 Å². The Bertz CT molecular complexity index is 390. The minimum atomic E-state index is -1.11. The molecule has 82 valence electrons. The van der Waals surface area contributed by atoms with Gasteiger partial charge >= 0.3 is 5.97 Å². The number of aromatic carboxylic acids is 1. The van der Waals surface area contributed by atoms with Crippen molar-refractivity contribution in [3.05, 3.63) is 22.7 Å². The first-order chi connectivity index (χ1) is 6.91. The Morgan fingerprint density at radius 2 is 2.13 bits per heavy atom. The summed E-state index contributed by atoms with van der Waals surface area (Å²) in [4.78, 5) is 10.7. The van der Waals surface area contributed by atoms with Crippen molar-refractivity contribution in [3.63, 3.8) is 0 Å². The summed E-state index contributed by atoms with van der Waals surface area (Å²) >= 11 is 5.76. The Morgan fingerprint density at radius 3 is 2.60 bits per heavy atom. The summed E-state index contributed by atoms with van der Waals surface area (Å²) in [7, 11) is 0. The van der Waals surface area contributed by atoms with Crippen LogP contribution in [0.3, 0.4) is 0 Å². The summed E-state index contributed by atoms with van der Waals surface area (Å²) in [6.45, 7) is 3.69. The maximum absolute atomic E-state index is 10.7. The van der Waals surface area contributed by atoms with E-state index >= 15 is 0 Å². The largest absolute Gasteiger partial charge is 0.489 e. The summed E-state index contributed by atoms with van der Waals surface area (Å²) in [6, 6.07) is 2.71. The van der Waals surface area contributed by atoms with Crippen LogP contribution in [0.1, 0.15) is 24.2 Å². The Labute approximate surface area is 92.6 Å². The molecule has 0 aliphatic rings. The second-order valence-electron chi connectivity index (χ2n) is 3.34. The van der Waals surface area contributed by atoms with E-state index in [1.807, 2.05) is 13.8 Å². The second-order valence-corrected chi connectivity index (χ2v) is 3.75. The molecule has 0 aliphatic carbocycles. The fraction of sp³-hybridized carbons (Fsp3) is 0.300. The van der Waals surface area contributed by atoms with Gasteiger partial charge in [0.05, 0.1) is 22.4 Å². The quantitative estimate of drug-likeness (QED) is 0.781. The topological polar surface area (TPSA) is 72.5 Å². The van der Waals surface area contributed by atoms with Crippen LogP contribution in [0.25, 0.3) is 0 Å². The number of benzene rings is 1. The average Bonchev–Trinajstić information content (AvgIpc) is 2.09. The number of nitrogen functional groups attached to an aromatic ring is 1. The number of carboxylic acids is 1. The normalized spacial score (nSPS) is 10.4. The molecule has 0 bridgehead atoms. The van der Waals surface area contributed by atoms with E-state index < -0.39 is 5.97 Å². The fourth-order valence-electron chi connectivity index (χ4n) is 1.09. The number of carbonyl (C=O) groups is 1. The van der Waals surface area contributed by atoms with Gasteiger partial charge in [0.1, 0.15) is 5.75 Å². The molecule has 0 amide bonds. The van der Waals surface area contributed by atoms with E-state index in [4.69, 9.17) is 27.2 Å². The summed E-state index contributed by atoms with van der Waals surface area (Å²) in [5.74, 6) is -0.706. The molecule has 15 heavy (non-hydrogen) atoms. The maximum atomic E-state index is 10.7. The number of hydrogen-bond acceptors (Lipinski definition) is 3. The number of ether oxygens (including phenoxy) is 1. The highest BCUT2D eigenvalue weighted by atomic mass is 35.5. The molecule has 5 heteroatoms. The molecule has 1 aromatic rings.